The zero-order valence-electron chi connectivity index (χ0n) is 24.2. The predicted molar refractivity (Wildman–Crippen MR) is 165 cm³/mol. The molecule has 6 nitrogen and oxygen atoms in total. The van der Waals surface area contributed by atoms with Crippen molar-refractivity contribution < 1.29 is 10.2 Å². The molecule has 0 saturated heterocycles. The van der Waals surface area contributed by atoms with Crippen LogP contribution in [0.25, 0.3) is 0 Å². The van der Waals surface area contributed by atoms with Crippen LogP contribution in [0.1, 0.15) is 90.2 Å². The Bertz CT molecular complexity index is 902. The van der Waals surface area contributed by atoms with Gasteiger partial charge in [0.2, 0.25) is 0 Å². The fourth-order valence-corrected chi connectivity index (χ4v) is 4.65. The third kappa shape index (κ3) is 10.8. The van der Waals surface area contributed by atoms with Crippen LogP contribution in [0.5, 0.6) is 11.5 Å². The summed E-state index contributed by atoms with van der Waals surface area (Å²) in [6, 6.07) is 11.7. The van der Waals surface area contributed by atoms with Crippen LogP contribution >= 0.6 is 0 Å². The summed E-state index contributed by atoms with van der Waals surface area (Å²) in [4.78, 5) is 13.5. The second-order valence-corrected chi connectivity index (χ2v) is 9.73. The minimum absolute atomic E-state index is 0.298. The van der Waals surface area contributed by atoms with Gasteiger partial charge in [0, 0.05) is 86.3 Å². The Hall–Kier alpha value is -3.02. The number of rotatable bonds is 19. The molecular weight excluding hydrogens is 472 g/mol. The van der Waals surface area contributed by atoms with Crippen LogP contribution in [0.4, 0.5) is 11.4 Å². The lowest BCUT2D eigenvalue weighted by atomic mass is 10.1. The van der Waals surface area contributed by atoms with Gasteiger partial charge in [0.1, 0.15) is 11.5 Å². The Morgan fingerprint density at radius 2 is 0.895 bits per heavy atom. The highest BCUT2D eigenvalue weighted by Crippen LogP contribution is 2.24. The molecule has 6 heteroatoms. The van der Waals surface area contributed by atoms with Crippen LogP contribution in [0.3, 0.4) is 0 Å². The van der Waals surface area contributed by atoms with Gasteiger partial charge in [-0.1, -0.05) is 38.5 Å². The van der Waals surface area contributed by atoms with Gasteiger partial charge < -0.3 is 20.0 Å². The average molecular weight is 523 g/mol. The molecule has 0 bridgehead atoms. The topological polar surface area (TPSA) is 71.7 Å². The lowest BCUT2D eigenvalue weighted by molar-refractivity contribution is 0.474. The molecular formula is C32H50N4O2. The van der Waals surface area contributed by atoms with Gasteiger partial charge in [-0.25, -0.2) is 0 Å². The first-order valence-electron chi connectivity index (χ1n) is 14.7. The van der Waals surface area contributed by atoms with Crippen LogP contribution < -0.4 is 9.80 Å². The van der Waals surface area contributed by atoms with E-state index in [9.17, 15) is 10.2 Å². The van der Waals surface area contributed by atoms with E-state index >= 15 is 0 Å². The first-order chi connectivity index (χ1) is 18.5. The number of aliphatic imine (C=N–C) groups is 2. The molecule has 0 spiro atoms. The molecule has 2 N–H and O–H groups in total. The van der Waals surface area contributed by atoms with Crippen molar-refractivity contribution in [2.45, 2.75) is 79.1 Å². The SMILES string of the molecule is CCN(CC)c1ccc(C=NCCCCCCCCCCN=Cc2ccc(N(CC)CC)cc2O)c(O)c1. The van der Waals surface area contributed by atoms with E-state index in [1.807, 2.05) is 24.3 Å². The summed E-state index contributed by atoms with van der Waals surface area (Å²) in [5, 5.41) is 20.6. The van der Waals surface area contributed by atoms with Crippen LogP contribution in [-0.4, -0.2) is 61.9 Å². The second-order valence-electron chi connectivity index (χ2n) is 9.73. The molecule has 2 aromatic rings. The summed E-state index contributed by atoms with van der Waals surface area (Å²) < 4.78 is 0. The molecule has 0 fully saturated rings. The molecule has 0 aliphatic carbocycles. The van der Waals surface area contributed by atoms with Gasteiger partial charge in [0.25, 0.3) is 0 Å². The number of nitrogens with zero attached hydrogens (tertiary/aromatic N) is 4. The molecule has 0 aliphatic heterocycles. The molecule has 210 valence electrons. The van der Waals surface area contributed by atoms with Crippen LogP contribution in [0.15, 0.2) is 46.4 Å². The fourth-order valence-electron chi connectivity index (χ4n) is 4.65. The number of hydrogen-bond donors (Lipinski definition) is 2. The summed E-state index contributed by atoms with van der Waals surface area (Å²) in [6.45, 7) is 13.8. The van der Waals surface area contributed by atoms with Gasteiger partial charge in [-0.15, -0.1) is 0 Å². The van der Waals surface area contributed by atoms with E-state index < -0.39 is 0 Å². The lowest BCUT2D eigenvalue weighted by Gasteiger charge is -2.21. The normalized spacial score (nSPS) is 11.6. The van der Waals surface area contributed by atoms with Crippen LogP contribution in [0, 0.1) is 0 Å². The molecule has 0 aromatic heterocycles. The van der Waals surface area contributed by atoms with E-state index in [-0.39, 0.29) is 0 Å². The number of phenols is 2. The molecule has 0 aliphatic rings. The maximum atomic E-state index is 10.3. The largest absolute Gasteiger partial charge is 0.507 e. The molecule has 2 aromatic carbocycles. The van der Waals surface area contributed by atoms with E-state index in [1.54, 1.807) is 12.4 Å². The average Bonchev–Trinajstić information content (AvgIpc) is 2.92. The monoisotopic (exact) mass is 522 g/mol. The van der Waals surface area contributed by atoms with E-state index in [1.165, 1.54) is 38.5 Å². The maximum absolute atomic E-state index is 10.3. The maximum Gasteiger partial charge on any atom is 0.126 e. The van der Waals surface area contributed by atoms with Gasteiger partial charge >= 0.3 is 0 Å². The minimum atomic E-state index is 0.298. The standard InChI is InChI=1S/C32H50N4O2/c1-5-35(6-2)29-19-17-27(31(37)23-29)25-33-21-15-13-11-9-10-12-14-16-22-34-26-28-18-20-30(24-32(28)38)36(7-3)8-4/h17-20,23-26,37-38H,5-16,21-22H2,1-4H3. The number of phenolic OH excluding ortho intramolecular Hbond substituents is 2. The third-order valence-electron chi connectivity index (χ3n) is 7.07. The van der Waals surface area contributed by atoms with Crippen molar-refractivity contribution in [3.05, 3.63) is 47.5 Å². The molecule has 0 radical (unpaired) electrons. The Balaban J connectivity index is 1.51. The molecule has 0 heterocycles. The highest BCUT2D eigenvalue weighted by molar-refractivity contribution is 5.85. The number of benzene rings is 2. The fraction of sp³-hybridized carbons (Fsp3) is 0.562. The van der Waals surface area contributed by atoms with Crippen LogP contribution in [0.2, 0.25) is 0 Å². The van der Waals surface area contributed by atoms with Gasteiger partial charge in [-0.2, -0.15) is 0 Å². The lowest BCUT2D eigenvalue weighted by Crippen LogP contribution is -2.21. The first-order valence-corrected chi connectivity index (χ1v) is 14.7. The van der Waals surface area contributed by atoms with Gasteiger partial charge in [-0.05, 0) is 64.8 Å². The summed E-state index contributed by atoms with van der Waals surface area (Å²) >= 11 is 0. The molecule has 0 atom stereocenters. The van der Waals surface area contributed by atoms with Crippen molar-refractivity contribution in [3.63, 3.8) is 0 Å². The Kier molecular flexibility index (Phi) is 15.0. The van der Waals surface area contributed by atoms with Gasteiger partial charge in [0.15, 0.2) is 0 Å². The van der Waals surface area contributed by atoms with Crippen molar-refractivity contribution in [2.24, 2.45) is 9.98 Å². The Morgan fingerprint density at radius 1 is 0.553 bits per heavy atom. The van der Waals surface area contributed by atoms with E-state index in [0.717, 1.165) is 74.6 Å². The smallest absolute Gasteiger partial charge is 0.126 e. The first kappa shape index (κ1) is 31.2. The molecule has 38 heavy (non-hydrogen) atoms. The number of anilines is 2. The van der Waals surface area contributed by atoms with E-state index in [0.29, 0.717) is 11.5 Å². The van der Waals surface area contributed by atoms with Crippen molar-refractivity contribution in [1.29, 1.82) is 0 Å². The quantitative estimate of drug-likeness (QED) is 0.148. The highest BCUT2D eigenvalue weighted by Gasteiger charge is 2.06. The van der Waals surface area contributed by atoms with Gasteiger partial charge in [-0.3, -0.25) is 9.98 Å². The molecule has 2 rings (SSSR count). The van der Waals surface area contributed by atoms with E-state index in [4.69, 9.17) is 0 Å². The summed E-state index contributed by atoms with van der Waals surface area (Å²) in [6.07, 6.45) is 13.2. The Morgan fingerprint density at radius 3 is 1.21 bits per heavy atom. The second kappa shape index (κ2) is 18.3. The number of unbranched alkanes of at least 4 members (excludes halogenated alkanes) is 7. The predicted octanol–water partition coefficient (Wildman–Crippen LogP) is 7.45. The van der Waals surface area contributed by atoms with Crippen LogP contribution in [-0.2, 0) is 0 Å². The minimum Gasteiger partial charge on any atom is -0.507 e. The molecule has 0 unspecified atom stereocenters. The summed E-state index contributed by atoms with van der Waals surface area (Å²) in [5.41, 5.74) is 3.68. The number of hydrogen-bond acceptors (Lipinski definition) is 6. The van der Waals surface area contributed by atoms with Crippen molar-refractivity contribution >= 4 is 23.8 Å². The highest BCUT2D eigenvalue weighted by atomic mass is 16.3. The zero-order valence-corrected chi connectivity index (χ0v) is 24.2. The third-order valence-corrected chi connectivity index (χ3v) is 7.07. The Labute approximate surface area is 231 Å². The van der Waals surface area contributed by atoms with Crippen molar-refractivity contribution in [3.8, 4) is 11.5 Å². The zero-order chi connectivity index (χ0) is 27.6. The van der Waals surface area contributed by atoms with Crippen molar-refractivity contribution in [1.82, 2.24) is 0 Å². The van der Waals surface area contributed by atoms with E-state index in [2.05, 4.69) is 59.6 Å². The van der Waals surface area contributed by atoms with Crippen molar-refractivity contribution in [2.75, 3.05) is 49.1 Å². The van der Waals surface area contributed by atoms with Gasteiger partial charge in [0.05, 0.1) is 0 Å². The molecule has 0 amide bonds. The number of aromatic hydroxyl groups is 2. The molecule has 0 saturated carbocycles. The summed E-state index contributed by atoms with van der Waals surface area (Å²) in [5.74, 6) is 0.595. The summed E-state index contributed by atoms with van der Waals surface area (Å²) in [7, 11) is 0.